The average Bonchev–Trinajstić information content (AvgIpc) is 2.99. The van der Waals surface area contributed by atoms with Crippen LogP contribution in [0.3, 0.4) is 0 Å². The third-order valence-electron chi connectivity index (χ3n) is 6.79. The second kappa shape index (κ2) is 7.05. The van der Waals surface area contributed by atoms with Gasteiger partial charge in [-0.25, -0.2) is 4.99 Å². The molecular weight excluding hydrogens is 346 g/mol. The molecule has 0 spiro atoms. The minimum atomic E-state index is 0.113. The molecule has 2 unspecified atom stereocenters. The molecule has 2 aliphatic heterocycles. The average molecular weight is 378 g/mol. The summed E-state index contributed by atoms with van der Waals surface area (Å²) in [6.07, 6.45) is 8.10. The predicted octanol–water partition coefficient (Wildman–Crippen LogP) is 1.33. The molecule has 0 saturated heterocycles. The van der Waals surface area contributed by atoms with Crippen LogP contribution in [0.1, 0.15) is 35.2 Å². The first-order valence-electron chi connectivity index (χ1n) is 10.6. The molecule has 5 rings (SSSR count). The molecule has 148 valence electrons. The van der Waals surface area contributed by atoms with Crippen LogP contribution in [0.4, 0.5) is 5.69 Å². The number of aromatic nitrogens is 1. The van der Waals surface area contributed by atoms with Gasteiger partial charge in [0, 0.05) is 49.2 Å². The monoisotopic (exact) mass is 377 g/mol. The molecule has 1 aromatic carbocycles. The highest BCUT2D eigenvalue weighted by atomic mass is 15.1. The predicted molar refractivity (Wildman–Crippen MR) is 114 cm³/mol. The van der Waals surface area contributed by atoms with Crippen molar-refractivity contribution in [1.82, 2.24) is 14.8 Å². The van der Waals surface area contributed by atoms with Crippen molar-refractivity contribution in [3.05, 3.63) is 51.3 Å². The maximum atomic E-state index is 5.11. The van der Waals surface area contributed by atoms with Crippen molar-refractivity contribution in [2.24, 2.45) is 12.0 Å². The van der Waals surface area contributed by atoms with Crippen LogP contribution in [0.5, 0.6) is 0 Å². The van der Waals surface area contributed by atoms with E-state index in [4.69, 9.17) is 4.99 Å². The molecule has 0 saturated carbocycles. The molecule has 28 heavy (non-hydrogen) atoms. The topological polar surface area (TPSA) is 44.6 Å². The van der Waals surface area contributed by atoms with Crippen LogP contribution in [-0.2, 0) is 32.9 Å². The van der Waals surface area contributed by atoms with E-state index >= 15 is 0 Å². The Morgan fingerprint density at radius 3 is 2.89 bits per heavy atom. The van der Waals surface area contributed by atoms with E-state index in [1.165, 1.54) is 39.7 Å². The molecule has 2 N–H and O–H groups in total. The molecule has 0 radical (unpaired) electrons. The van der Waals surface area contributed by atoms with E-state index in [1.54, 1.807) is 0 Å². The highest BCUT2D eigenvalue weighted by molar-refractivity contribution is 5.51. The highest BCUT2D eigenvalue weighted by Crippen LogP contribution is 2.23. The van der Waals surface area contributed by atoms with Gasteiger partial charge in [-0.1, -0.05) is 12.1 Å². The molecule has 3 heterocycles. The zero-order valence-electron chi connectivity index (χ0n) is 17.3. The molecule has 5 nitrogen and oxygen atoms in total. The third-order valence-corrected chi connectivity index (χ3v) is 6.79. The van der Waals surface area contributed by atoms with Crippen molar-refractivity contribution in [2.45, 2.75) is 50.9 Å². The fraction of sp³-hybridized carbons (Fsp3) is 0.522. The van der Waals surface area contributed by atoms with Crippen molar-refractivity contribution in [3.8, 4) is 0 Å². The lowest BCUT2D eigenvalue weighted by Gasteiger charge is -2.26. The molecule has 0 amide bonds. The van der Waals surface area contributed by atoms with Crippen molar-refractivity contribution in [3.63, 3.8) is 0 Å². The summed E-state index contributed by atoms with van der Waals surface area (Å²) in [5, 5.41) is 8.51. The Bertz CT molecular complexity index is 1020. The summed E-state index contributed by atoms with van der Waals surface area (Å²) in [7, 11) is 6.47. The molecule has 2 atom stereocenters. The molecule has 1 aromatic heterocycles. The Morgan fingerprint density at radius 2 is 2.04 bits per heavy atom. The van der Waals surface area contributed by atoms with Gasteiger partial charge in [0.2, 0.25) is 0 Å². The van der Waals surface area contributed by atoms with Gasteiger partial charge in [-0.3, -0.25) is 0 Å². The lowest BCUT2D eigenvalue weighted by atomic mass is 9.92. The van der Waals surface area contributed by atoms with Crippen LogP contribution in [-0.4, -0.2) is 42.3 Å². The van der Waals surface area contributed by atoms with Crippen LogP contribution < -0.4 is 21.3 Å². The Hall–Kier alpha value is -2.11. The van der Waals surface area contributed by atoms with Gasteiger partial charge >= 0.3 is 0 Å². The zero-order valence-corrected chi connectivity index (χ0v) is 17.3. The smallest absolute Gasteiger partial charge is 0.137 e. The van der Waals surface area contributed by atoms with Gasteiger partial charge in [0.15, 0.2) is 0 Å². The molecule has 1 aliphatic carbocycles. The van der Waals surface area contributed by atoms with Gasteiger partial charge < -0.3 is 20.1 Å². The number of hydrogen-bond donors (Lipinski definition) is 2. The van der Waals surface area contributed by atoms with Crippen LogP contribution in [0.15, 0.2) is 23.2 Å². The maximum Gasteiger partial charge on any atom is 0.137 e. The van der Waals surface area contributed by atoms with E-state index in [-0.39, 0.29) is 6.17 Å². The van der Waals surface area contributed by atoms with E-state index in [1.807, 2.05) is 0 Å². The van der Waals surface area contributed by atoms with Crippen LogP contribution in [0, 0.1) is 0 Å². The fourth-order valence-corrected chi connectivity index (χ4v) is 5.13. The summed E-state index contributed by atoms with van der Waals surface area (Å²) in [5.41, 5.74) is 8.28. The number of nitrogens with zero attached hydrogens (tertiary/aromatic N) is 3. The number of nitrogens with one attached hydrogen (secondary N) is 2. The second-order valence-corrected chi connectivity index (χ2v) is 8.65. The van der Waals surface area contributed by atoms with Crippen molar-refractivity contribution >= 4 is 11.8 Å². The minimum absolute atomic E-state index is 0.113. The number of fused-ring (bicyclic) bond motifs is 4. The summed E-state index contributed by atoms with van der Waals surface area (Å²) in [6.45, 7) is 2.20. The number of benzene rings is 1. The second-order valence-electron chi connectivity index (χ2n) is 8.65. The summed E-state index contributed by atoms with van der Waals surface area (Å²) in [5.74, 6) is 0. The van der Waals surface area contributed by atoms with Crippen molar-refractivity contribution in [1.29, 1.82) is 0 Å². The van der Waals surface area contributed by atoms with Gasteiger partial charge in [-0.2, -0.15) is 0 Å². The van der Waals surface area contributed by atoms with E-state index < -0.39 is 0 Å². The molecule has 0 bridgehead atoms. The van der Waals surface area contributed by atoms with Crippen LogP contribution in [0.25, 0.3) is 6.08 Å². The first-order valence-corrected chi connectivity index (χ1v) is 10.6. The number of anilines is 1. The fourth-order valence-electron chi connectivity index (χ4n) is 5.13. The Morgan fingerprint density at radius 1 is 1.14 bits per heavy atom. The Balaban J connectivity index is 1.42. The normalized spacial score (nSPS) is 23.8. The van der Waals surface area contributed by atoms with Crippen molar-refractivity contribution in [2.75, 3.05) is 26.0 Å². The highest BCUT2D eigenvalue weighted by Gasteiger charge is 2.24. The lowest BCUT2D eigenvalue weighted by molar-refractivity contribution is 0.313. The third kappa shape index (κ3) is 3.07. The summed E-state index contributed by atoms with van der Waals surface area (Å²) in [6, 6.07) is 7.44. The summed E-state index contributed by atoms with van der Waals surface area (Å²) in [4.78, 5) is 7.51. The Labute approximate surface area is 167 Å². The number of rotatable bonds is 3. The van der Waals surface area contributed by atoms with E-state index in [2.05, 4.69) is 65.5 Å². The van der Waals surface area contributed by atoms with Crippen LogP contribution in [0.2, 0.25) is 0 Å². The molecule has 3 aliphatic rings. The van der Waals surface area contributed by atoms with Gasteiger partial charge in [0.25, 0.3) is 0 Å². The quantitative estimate of drug-likeness (QED) is 0.848. The first-order chi connectivity index (χ1) is 13.6. The minimum Gasteiger partial charge on any atom is -0.363 e. The summed E-state index contributed by atoms with van der Waals surface area (Å²) >= 11 is 0. The molecule has 0 fully saturated rings. The SMILES string of the molecule is CNC1CCc2c(c3c(n2C)=NC(Nc2ccc4c(c2)CN(C)CC4)CC=3)C1. The van der Waals surface area contributed by atoms with Gasteiger partial charge in [-0.15, -0.1) is 0 Å². The number of likely N-dealkylation sites (N-methyl/N-ethyl adjacent to an activating group) is 2. The zero-order chi connectivity index (χ0) is 19.3. The maximum absolute atomic E-state index is 5.11. The number of hydrogen-bond acceptors (Lipinski definition) is 4. The van der Waals surface area contributed by atoms with Gasteiger partial charge in [-0.05, 0) is 68.6 Å². The van der Waals surface area contributed by atoms with Gasteiger partial charge in [0.1, 0.15) is 11.7 Å². The van der Waals surface area contributed by atoms with E-state index in [0.29, 0.717) is 6.04 Å². The summed E-state index contributed by atoms with van der Waals surface area (Å²) < 4.78 is 2.34. The Kier molecular flexibility index (Phi) is 4.52. The lowest BCUT2D eigenvalue weighted by Crippen LogP contribution is -2.38. The molecule has 5 heteroatoms. The van der Waals surface area contributed by atoms with E-state index in [0.717, 1.165) is 44.3 Å². The van der Waals surface area contributed by atoms with E-state index in [9.17, 15) is 0 Å². The molecule has 2 aromatic rings. The van der Waals surface area contributed by atoms with Crippen molar-refractivity contribution < 1.29 is 0 Å². The first kappa shape index (κ1) is 18.0. The van der Waals surface area contributed by atoms with Gasteiger partial charge in [0.05, 0.1) is 0 Å². The molecular formula is C23H31N5. The standard InChI is InChI=1S/C23H31N5/c1-24-17-6-8-21-20(13-17)19-7-9-22(26-23(19)28(21)3)25-18-5-4-15-10-11-27(2)14-16(15)12-18/h4-5,7,12,17,22,24-25H,6,8-11,13-14H2,1-3H3. The largest absolute Gasteiger partial charge is 0.363 e. The van der Waals surface area contributed by atoms with Crippen LogP contribution >= 0.6 is 0 Å².